The van der Waals surface area contributed by atoms with Crippen LogP contribution in [0.3, 0.4) is 0 Å². The maximum Gasteiger partial charge on any atom is 0.251 e. The lowest BCUT2D eigenvalue weighted by Gasteiger charge is -2.26. The number of benzene rings is 2. The summed E-state index contributed by atoms with van der Waals surface area (Å²) >= 11 is 0. The van der Waals surface area contributed by atoms with Gasteiger partial charge in [-0.3, -0.25) is 4.79 Å². The van der Waals surface area contributed by atoms with Gasteiger partial charge in [0.1, 0.15) is 0 Å². The number of nitrogens with one attached hydrogen (secondary N) is 1. The SMILES string of the molecule is CCCCc1ccc(C(=O)NCc2ccccc2CS(=O)(=O)N2CCOCC2)cc1. The summed E-state index contributed by atoms with van der Waals surface area (Å²) in [5, 5.41) is 2.92. The zero-order valence-electron chi connectivity index (χ0n) is 17.5. The molecule has 0 atom stereocenters. The largest absolute Gasteiger partial charge is 0.379 e. The minimum Gasteiger partial charge on any atom is -0.379 e. The van der Waals surface area contributed by atoms with Gasteiger partial charge >= 0.3 is 0 Å². The molecular weight excluding hydrogens is 400 g/mol. The summed E-state index contributed by atoms with van der Waals surface area (Å²) in [6, 6.07) is 15.0. The lowest BCUT2D eigenvalue weighted by Crippen LogP contribution is -2.41. The van der Waals surface area contributed by atoms with Crippen molar-refractivity contribution in [1.82, 2.24) is 9.62 Å². The van der Waals surface area contributed by atoms with Crippen molar-refractivity contribution >= 4 is 15.9 Å². The fraction of sp³-hybridized carbons (Fsp3) is 0.435. The van der Waals surface area contributed by atoms with Crippen LogP contribution < -0.4 is 5.32 Å². The van der Waals surface area contributed by atoms with Gasteiger partial charge in [-0.1, -0.05) is 49.7 Å². The zero-order chi connectivity index (χ0) is 21.4. The van der Waals surface area contributed by atoms with Crippen LogP contribution in [0.2, 0.25) is 0 Å². The van der Waals surface area contributed by atoms with Gasteiger partial charge in [0.2, 0.25) is 10.0 Å². The minimum absolute atomic E-state index is 0.0782. The molecular formula is C23H30N2O4S. The average Bonchev–Trinajstić information content (AvgIpc) is 2.77. The molecule has 30 heavy (non-hydrogen) atoms. The highest BCUT2D eigenvalue weighted by atomic mass is 32.2. The average molecular weight is 431 g/mol. The smallest absolute Gasteiger partial charge is 0.251 e. The topological polar surface area (TPSA) is 75.7 Å². The van der Waals surface area contributed by atoms with Crippen molar-refractivity contribution in [2.24, 2.45) is 0 Å². The van der Waals surface area contributed by atoms with Crippen molar-refractivity contribution in [2.45, 2.75) is 38.5 Å². The van der Waals surface area contributed by atoms with Gasteiger partial charge in [0, 0.05) is 25.2 Å². The number of sulfonamides is 1. The number of hydrogen-bond acceptors (Lipinski definition) is 4. The highest BCUT2D eigenvalue weighted by molar-refractivity contribution is 7.88. The highest BCUT2D eigenvalue weighted by Crippen LogP contribution is 2.17. The van der Waals surface area contributed by atoms with Gasteiger partial charge in [0.05, 0.1) is 19.0 Å². The maximum absolute atomic E-state index is 12.8. The van der Waals surface area contributed by atoms with Crippen LogP contribution in [0.15, 0.2) is 48.5 Å². The highest BCUT2D eigenvalue weighted by Gasteiger charge is 2.25. The lowest BCUT2D eigenvalue weighted by atomic mass is 10.1. The number of ether oxygens (including phenoxy) is 1. The summed E-state index contributed by atoms with van der Waals surface area (Å²) in [6.45, 7) is 4.06. The molecule has 1 fully saturated rings. The van der Waals surface area contributed by atoms with Crippen LogP contribution in [-0.4, -0.2) is 44.9 Å². The van der Waals surface area contributed by atoms with Crippen molar-refractivity contribution in [3.8, 4) is 0 Å². The summed E-state index contributed by atoms with van der Waals surface area (Å²) in [5.41, 5.74) is 3.35. The second-order valence-corrected chi connectivity index (χ2v) is 9.49. The van der Waals surface area contributed by atoms with Gasteiger partial charge in [0.25, 0.3) is 5.91 Å². The number of nitrogens with zero attached hydrogens (tertiary/aromatic N) is 1. The molecule has 1 saturated heterocycles. The Morgan fingerprint density at radius 3 is 2.37 bits per heavy atom. The Bertz CT molecular complexity index is 936. The molecule has 1 aliphatic heterocycles. The van der Waals surface area contributed by atoms with E-state index in [1.807, 2.05) is 48.5 Å². The van der Waals surface area contributed by atoms with Crippen LogP contribution in [-0.2, 0) is 33.5 Å². The minimum atomic E-state index is -3.42. The standard InChI is InChI=1S/C23H30N2O4S/c1-2-3-6-19-9-11-20(12-10-19)23(26)24-17-21-7-4-5-8-22(21)18-30(27,28)25-13-15-29-16-14-25/h4-5,7-12H,2-3,6,13-18H2,1H3,(H,24,26). The number of morpholine rings is 1. The Kier molecular flexibility index (Phi) is 8.01. The molecule has 1 amide bonds. The maximum atomic E-state index is 12.8. The summed E-state index contributed by atoms with van der Waals surface area (Å²) in [7, 11) is -3.42. The predicted octanol–water partition coefficient (Wildman–Crippen LogP) is 3.12. The first-order valence-electron chi connectivity index (χ1n) is 10.5. The van der Waals surface area contributed by atoms with E-state index in [2.05, 4.69) is 12.2 Å². The quantitative estimate of drug-likeness (QED) is 0.663. The number of carbonyl (C=O) groups is 1. The monoisotopic (exact) mass is 430 g/mol. The van der Waals surface area contributed by atoms with Gasteiger partial charge in [-0.2, -0.15) is 4.31 Å². The van der Waals surface area contributed by atoms with Gasteiger partial charge in [0.15, 0.2) is 0 Å². The van der Waals surface area contributed by atoms with E-state index in [0.29, 0.717) is 37.4 Å². The first-order chi connectivity index (χ1) is 14.5. The molecule has 1 aliphatic rings. The van der Waals surface area contributed by atoms with Crippen molar-refractivity contribution in [1.29, 1.82) is 0 Å². The summed E-state index contributed by atoms with van der Waals surface area (Å²) in [6.07, 6.45) is 3.29. The molecule has 0 bridgehead atoms. The van der Waals surface area contributed by atoms with Crippen molar-refractivity contribution in [3.05, 3.63) is 70.8 Å². The number of hydrogen-bond donors (Lipinski definition) is 1. The Balaban J connectivity index is 1.62. The van der Waals surface area contributed by atoms with Gasteiger partial charge in [-0.05, 0) is 41.7 Å². The lowest BCUT2D eigenvalue weighted by molar-refractivity contribution is 0.0729. The first kappa shape index (κ1) is 22.5. The van der Waals surface area contributed by atoms with E-state index in [0.717, 1.165) is 24.8 Å². The summed E-state index contributed by atoms with van der Waals surface area (Å²) in [4.78, 5) is 12.5. The van der Waals surface area contributed by atoms with Gasteiger partial charge in [-0.15, -0.1) is 0 Å². The Morgan fingerprint density at radius 1 is 1.03 bits per heavy atom. The van der Waals surface area contributed by atoms with Crippen LogP contribution in [0.25, 0.3) is 0 Å². The molecule has 1 N–H and O–H groups in total. The van der Waals surface area contributed by atoms with Crippen LogP contribution in [0.5, 0.6) is 0 Å². The number of unbranched alkanes of at least 4 members (excludes halogenated alkanes) is 1. The van der Waals surface area contributed by atoms with Crippen molar-refractivity contribution < 1.29 is 17.9 Å². The first-order valence-corrected chi connectivity index (χ1v) is 12.1. The van der Waals surface area contributed by atoms with Crippen LogP contribution in [0.1, 0.15) is 46.8 Å². The zero-order valence-corrected chi connectivity index (χ0v) is 18.3. The molecule has 2 aromatic carbocycles. The van der Waals surface area contributed by atoms with Gasteiger partial charge < -0.3 is 10.1 Å². The van der Waals surface area contributed by atoms with Crippen LogP contribution in [0, 0.1) is 0 Å². The molecule has 0 aliphatic carbocycles. The molecule has 6 nitrogen and oxygen atoms in total. The Hall–Kier alpha value is -2.22. The molecule has 0 saturated carbocycles. The fourth-order valence-corrected chi connectivity index (χ4v) is 5.03. The Morgan fingerprint density at radius 2 is 1.70 bits per heavy atom. The fourth-order valence-electron chi connectivity index (χ4n) is 3.46. The van der Waals surface area contributed by atoms with E-state index in [-0.39, 0.29) is 18.2 Å². The third kappa shape index (κ3) is 6.14. The molecule has 1 heterocycles. The molecule has 0 unspecified atom stereocenters. The predicted molar refractivity (Wildman–Crippen MR) is 118 cm³/mol. The van der Waals surface area contributed by atoms with Crippen LogP contribution >= 0.6 is 0 Å². The number of rotatable bonds is 9. The van der Waals surface area contributed by atoms with Crippen LogP contribution in [0.4, 0.5) is 0 Å². The number of aryl methyl sites for hydroxylation is 1. The third-order valence-corrected chi connectivity index (χ3v) is 7.12. The van der Waals surface area contributed by atoms with E-state index in [1.165, 1.54) is 9.87 Å². The molecule has 7 heteroatoms. The number of amides is 1. The molecule has 0 radical (unpaired) electrons. The molecule has 162 valence electrons. The summed E-state index contributed by atoms with van der Waals surface area (Å²) in [5.74, 6) is -0.242. The van der Waals surface area contributed by atoms with Gasteiger partial charge in [-0.25, -0.2) is 8.42 Å². The van der Waals surface area contributed by atoms with E-state index in [1.54, 1.807) is 0 Å². The second kappa shape index (κ2) is 10.7. The number of carbonyl (C=O) groups excluding carboxylic acids is 1. The molecule has 2 aromatic rings. The summed E-state index contributed by atoms with van der Waals surface area (Å²) < 4.78 is 32.2. The normalized spacial score (nSPS) is 15.1. The van der Waals surface area contributed by atoms with Crippen molar-refractivity contribution in [3.63, 3.8) is 0 Å². The van der Waals surface area contributed by atoms with E-state index in [4.69, 9.17) is 4.74 Å². The second-order valence-electron chi connectivity index (χ2n) is 7.52. The third-order valence-electron chi connectivity index (χ3n) is 5.29. The molecule has 0 aromatic heterocycles. The Labute approximate surface area is 179 Å². The van der Waals surface area contributed by atoms with E-state index >= 15 is 0 Å². The molecule has 0 spiro atoms. The molecule has 3 rings (SSSR count). The van der Waals surface area contributed by atoms with Crippen molar-refractivity contribution in [2.75, 3.05) is 26.3 Å². The van der Waals surface area contributed by atoms with E-state index < -0.39 is 10.0 Å². The van der Waals surface area contributed by atoms with E-state index in [9.17, 15) is 13.2 Å².